The molecule has 0 saturated heterocycles. The summed E-state index contributed by atoms with van der Waals surface area (Å²) in [4.78, 5) is 11.4. The molecule has 0 aliphatic carbocycles. The van der Waals surface area contributed by atoms with Crippen LogP contribution >= 0.6 is 0 Å². The summed E-state index contributed by atoms with van der Waals surface area (Å²) in [6.45, 7) is 13.6. The fourth-order valence-electron chi connectivity index (χ4n) is 2.71. The Morgan fingerprint density at radius 2 is 1.58 bits per heavy atom. The number of hydrogen-bond donors (Lipinski definition) is 2. The maximum absolute atomic E-state index is 11.4. The molecule has 0 heterocycles. The van der Waals surface area contributed by atoms with E-state index < -0.39 is 0 Å². The molecule has 2 N–H and O–H groups in total. The van der Waals surface area contributed by atoms with Crippen molar-refractivity contribution < 1.29 is 4.79 Å². The number of rotatable bonds is 3. The second-order valence-corrected chi connectivity index (χ2v) is 5.95. The van der Waals surface area contributed by atoms with Crippen molar-refractivity contribution in [3.8, 4) is 0 Å². The number of amides is 2. The highest BCUT2D eigenvalue weighted by molar-refractivity contribution is 5.73. The zero-order chi connectivity index (χ0) is 14.8. The highest BCUT2D eigenvalue weighted by Gasteiger charge is 2.26. The van der Waals surface area contributed by atoms with Gasteiger partial charge in [0.2, 0.25) is 0 Å². The Kier molecular flexibility index (Phi) is 4.61. The van der Waals surface area contributed by atoms with Gasteiger partial charge in [0.25, 0.3) is 0 Å². The molecule has 0 fully saturated rings. The first-order chi connectivity index (χ1) is 8.70. The molecule has 1 aromatic rings. The molecule has 3 nitrogen and oxygen atoms in total. The van der Waals surface area contributed by atoms with Crippen molar-refractivity contribution >= 4 is 6.03 Å². The highest BCUT2D eigenvalue weighted by Crippen LogP contribution is 2.32. The van der Waals surface area contributed by atoms with Crippen LogP contribution in [0, 0.1) is 27.7 Å². The fraction of sp³-hybridized carbons (Fsp3) is 0.562. The van der Waals surface area contributed by atoms with E-state index >= 15 is 0 Å². The minimum Gasteiger partial charge on any atom is -0.341 e. The van der Waals surface area contributed by atoms with Gasteiger partial charge in [-0.3, -0.25) is 0 Å². The molecule has 0 bridgehead atoms. The number of benzene rings is 1. The molecule has 0 aliphatic rings. The van der Waals surface area contributed by atoms with Crippen molar-refractivity contribution in [2.75, 3.05) is 13.6 Å². The van der Waals surface area contributed by atoms with E-state index in [1.54, 1.807) is 7.05 Å². The summed E-state index contributed by atoms with van der Waals surface area (Å²) in [6.07, 6.45) is 0. The second-order valence-electron chi connectivity index (χ2n) is 5.95. The van der Waals surface area contributed by atoms with Crippen LogP contribution in [0.4, 0.5) is 4.79 Å². The van der Waals surface area contributed by atoms with Crippen LogP contribution in [0.3, 0.4) is 0 Å². The Balaban J connectivity index is 3.17. The van der Waals surface area contributed by atoms with E-state index in [1.807, 2.05) is 0 Å². The van der Waals surface area contributed by atoms with Crippen LogP contribution in [-0.2, 0) is 5.41 Å². The van der Waals surface area contributed by atoms with Gasteiger partial charge in [0.05, 0.1) is 0 Å². The first kappa shape index (κ1) is 15.5. The van der Waals surface area contributed by atoms with Crippen LogP contribution < -0.4 is 10.6 Å². The van der Waals surface area contributed by atoms with Crippen molar-refractivity contribution in [2.45, 2.75) is 47.0 Å². The predicted molar refractivity (Wildman–Crippen MR) is 80.9 cm³/mol. The maximum Gasteiger partial charge on any atom is 0.314 e. The largest absolute Gasteiger partial charge is 0.341 e. The van der Waals surface area contributed by atoms with Crippen LogP contribution in [0.15, 0.2) is 6.07 Å². The number of carbonyl (C=O) groups is 1. The molecular formula is C16H26N2O. The molecule has 0 saturated carbocycles. The predicted octanol–water partition coefficient (Wildman–Crippen LogP) is 3.13. The Bertz CT molecular complexity index is 464. The van der Waals surface area contributed by atoms with Crippen molar-refractivity contribution in [1.82, 2.24) is 10.6 Å². The first-order valence-corrected chi connectivity index (χ1v) is 6.74. The van der Waals surface area contributed by atoms with Gasteiger partial charge in [0, 0.05) is 19.0 Å². The summed E-state index contributed by atoms with van der Waals surface area (Å²) in [7, 11) is 1.63. The van der Waals surface area contributed by atoms with E-state index in [2.05, 4.69) is 58.2 Å². The minimum atomic E-state index is -0.132. The summed E-state index contributed by atoms with van der Waals surface area (Å²) in [6, 6.07) is 2.10. The Hall–Kier alpha value is -1.51. The molecule has 2 amide bonds. The summed E-state index contributed by atoms with van der Waals surface area (Å²) in [5, 5.41) is 5.51. The van der Waals surface area contributed by atoms with E-state index in [0.29, 0.717) is 6.54 Å². The molecule has 0 atom stereocenters. The van der Waals surface area contributed by atoms with Gasteiger partial charge in [-0.15, -0.1) is 0 Å². The summed E-state index contributed by atoms with van der Waals surface area (Å²) in [5.74, 6) is 0. The van der Waals surface area contributed by atoms with Gasteiger partial charge in [-0.25, -0.2) is 4.79 Å². The lowest BCUT2D eigenvalue weighted by molar-refractivity contribution is 0.240. The van der Waals surface area contributed by atoms with E-state index in [0.717, 1.165) is 0 Å². The van der Waals surface area contributed by atoms with Crippen LogP contribution in [0.2, 0.25) is 0 Å². The molecule has 0 spiro atoms. The van der Waals surface area contributed by atoms with Crippen LogP contribution in [0.25, 0.3) is 0 Å². The number of urea groups is 1. The third-order valence-electron chi connectivity index (χ3n) is 3.96. The van der Waals surface area contributed by atoms with Gasteiger partial charge in [-0.1, -0.05) is 19.9 Å². The van der Waals surface area contributed by atoms with Crippen LogP contribution in [0.5, 0.6) is 0 Å². The third-order valence-corrected chi connectivity index (χ3v) is 3.96. The Labute approximate surface area is 116 Å². The zero-order valence-electron chi connectivity index (χ0n) is 13.2. The van der Waals surface area contributed by atoms with Crippen LogP contribution in [0.1, 0.15) is 41.7 Å². The number of carbonyl (C=O) groups excluding carboxylic acids is 1. The normalized spacial score (nSPS) is 11.3. The van der Waals surface area contributed by atoms with Crippen molar-refractivity contribution in [1.29, 1.82) is 0 Å². The third kappa shape index (κ3) is 3.28. The SMILES string of the molecule is CNC(=O)NCC(C)(C)c1c(C)c(C)cc(C)c1C. The monoisotopic (exact) mass is 262 g/mol. The van der Waals surface area contributed by atoms with Gasteiger partial charge in [-0.2, -0.15) is 0 Å². The van der Waals surface area contributed by atoms with E-state index in [9.17, 15) is 4.79 Å². The van der Waals surface area contributed by atoms with E-state index in [-0.39, 0.29) is 11.4 Å². The summed E-state index contributed by atoms with van der Waals surface area (Å²) < 4.78 is 0. The summed E-state index contributed by atoms with van der Waals surface area (Å²) in [5.41, 5.74) is 6.54. The molecule has 106 valence electrons. The molecule has 1 rings (SSSR count). The smallest absolute Gasteiger partial charge is 0.314 e. The molecule has 0 radical (unpaired) electrons. The standard InChI is InChI=1S/C16H26N2O/c1-10-8-11(2)13(4)14(12(10)3)16(5,6)9-18-15(19)17-7/h8H,9H2,1-7H3,(H2,17,18,19). The zero-order valence-corrected chi connectivity index (χ0v) is 13.2. The molecule has 1 aromatic carbocycles. The number of nitrogens with one attached hydrogen (secondary N) is 2. The quantitative estimate of drug-likeness (QED) is 0.863. The Morgan fingerprint density at radius 3 is 2.00 bits per heavy atom. The first-order valence-electron chi connectivity index (χ1n) is 6.74. The van der Waals surface area contributed by atoms with Gasteiger partial charge >= 0.3 is 6.03 Å². The van der Waals surface area contributed by atoms with Crippen molar-refractivity contribution in [3.05, 3.63) is 33.9 Å². The second kappa shape index (κ2) is 5.64. The van der Waals surface area contributed by atoms with E-state index in [4.69, 9.17) is 0 Å². The molecule has 0 aromatic heterocycles. The lowest BCUT2D eigenvalue weighted by atomic mass is 9.77. The topological polar surface area (TPSA) is 41.1 Å². The lowest BCUT2D eigenvalue weighted by Gasteiger charge is -2.31. The van der Waals surface area contributed by atoms with Crippen LogP contribution in [-0.4, -0.2) is 19.6 Å². The van der Waals surface area contributed by atoms with Crippen molar-refractivity contribution in [2.24, 2.45) is 0 Å². The maximum atomic E-state index is 11.4. The molecular weight excluding hydrogens is 236 g/mol. The average molecular weight is 262 g/mol. The van der Waals surface area contributed by atoms with Gasteiger partial charge in [-0.05, 0) is 55.5 Å². The Morgan fingerprint density at radius 1 is 1.11 bits per heavy atom. The van der Waals surface area contributed by atoms with Gasteiger partial charge in [0.15, 0.2) is 0 Å². The number of hydrogen-bond acceptors (Lipinski definition) is 1. The van der Waals surface area contributed by atoms with Gasteiger partial charge < -0.3 is 10.6 Å². The van der Waals surface area contributed by atoms with E-state index in [1.165, 1.54) is 27.8 Å². The molecule has 19 heavy (non-hydrogen) atoms. The van der Waals surface area contributed by atoms with Crippen molar-refractivity contribution in [3.63, 3.8) is 0 Å². The fourth-order valence-corrected chi connectivity index (χ4v) is 2.71. The number of aryl methyl sites for hydroxylation is 2. The summed E-state index contributed by atoms with van der Waals surface area (Å²) >= 11 is 0. The highest BCUT2D eigenvalue weighted by atomic mass is 16.2. The minimum absolute atomic E-state index is 0.0859. The van der Waals surface area contributed by atoms with Gasteiger partial charge in [0.1, 0.15) is 0 Å². The lowest BCUT2D eigenvalue weighted by Crippen LogP contribution is -2.41. The average Bonchev–Trinajstić information content (AvgIpc) is 2.33. The molecule has 0 unspecified atom stereocenters. The molecule has 3 heteroatoms. The molecule has 0 aliphatic heterocycles.